The Bertz CT molecular complexity index is 1540. The fraction of sp³-hybridized carbons (Fsp3) is 0.259. The smallest absolute Gasteiger partial charge is 0.261 e. The summed E-state index contributed by atoms with van der Waals surface area (Å²) in [4.78, 5) is 21.7. The Labute approximate surface area is 237 Å². The zero-order chi connectivity index (χ0) is 26.7. The standard InChI is InChI=1S/C27H28FN5O3S2.ClH/c1-19-5-11-22(12-6-19)38(35,36)31-21-9-7-20(8-10-21)26(34)29-13-14-32-15-17-33(18-16-32)27-30-25-23(28)3-2-4-24(25)37-27;/h2-12,31H,13-18H2,1H3,(H,29,34);1H. The first-order valence-corrected chi connectivity index (χ1v) is 14.6. The van der Waals surface area contributed by atoms with Crippen molar-refractivity contribution in [3.05, 3.63) is 83.7 Å². The second-order valence-electron chi connectivity index (χ2n) is 9.16. The van der Waals surface area contributed by atoms with Crippen LogP contribution in [0.2, 0.25) is 0 Å². The van der Waals surface area contributed by atoms with Crippen molar-refractivity contribution < 1.29 is 17.6 Å². The molecule has 1 amide bonds. The van der Waals surface area contributed by atoms with Crippen molar-refractivity contribution >= 4 is 60.7 Å². The number of piperazine rings is 1. The number of carbonyl (C=O) groups excluding carboxylic acids is 1. The summed E-state index contributed by atoms with van der Waals surface area (Å²) in [7, 11) is -3.70. The quantitative estimate of drug-likeness (QED) is 0.314. The molecule has 206 valence electrons. The molecule has 0 spiro atoms. The monoisotopic (exact) mass is 589 g/mol. The second kappa shape index (κ2) is 12.3. The maximum Gasteiger partial charge on any atom is 0.261 e. The van der Waals surface area contributed by atoms with E-state index < -0.39 is 10.0 Å². The highest BCUT2D eigenvalue weighted by Crippen LogP contribution is 2.30. The highest BCUT2D eigenvalue weighted by Gasteiger charge is 2.21. The van der Waals surface area contributed by atoms with Gasteiger partial charge in [0.15, 0.2) is 5.13 Å². The molecule has 0 aliphatic carbocycles. The lowest BCUT2D eigenvalue weighted by atomic mass is 10.2. The summed E-state index contributed by atoms with van der Waals surface area (Å²) >= 11 is 1.50. The van der Waals surface area contributed by atoms with Crippen LogP contribution in [0.3, 0.4) is 0 Å². The van der Waals surface area contributed by atoms with Crippen LogP contribution in [-0.2, 0) is 10.0 Å². The molecule has 0 saturated carbocycles. The number of carbonyl (C=O) groups is 1. The SMILES string of the molecule is Cc1ccc(S(=O)(=O)Nc2ccc(C(=O)NCCN3CCN(c4nc5c(F)cccc5s4)CC3)cc2)cc1.Cl. The maximum atomic E-state index is 14.0. The average Bonchev–Trinajstić information content (AvgIpc) is 3.35. The van der Waals surface area contributed by atoms with Crippen LogP contribution < -0.4 is 14.9 Å². The van der Waals surface area contributed by atoms with Crippen molar-refractivity contribution in [3.8, 4) is 0 Å². The average molecular weight is 590 g/mol. The molecule has 0 radical (unpaired) electrons. The van der Waals surface area contributed by atoms with Gasteiger partial charge in [0, 0.05) is 50.5 Å². The van der Waals surface area contributed by atoms with Crippen LogP contribution in [-0.4, -0.2) is 63.5 Å². The number of hydrogen-bond acceptors (Lipinski definition) is 7. The fourth-order valence-electron chi connectivity index (χ4n) is 4.25. The number of nitrogens with zero attached hydrogens (tertiary/aromatic N) is 3. The Hall–Kier alpha value is -3.25. The number of hydrogen-bond donors (Lipinski definition) is 2. The second-order valence-corrected chi connectivity index (χ2v) is 11.9. The van der Waals surface area contributed by atoms with Gasteiger partial charge in [-0.1, -0.05) is 35.1 Å². The zero-order valence-corrected chi connectivity index (χ0v) is 23.7. The van der Waals surface area contributed by atoms with Gasteiger partial charge >= 0.3 is 0 Å². The van der Waals surface area contributed by atoms with Gasteiger partial charge in [0.05, 0.1) is 9.60 Å². The molecule has 12 heteroatoms. The van der Waals surface area contributed by atoms with Crippen molar-refractivity contribution in [2.45, 2.75) is 11.8 Å². The van der Waals surface area contributed by atoms with E-state index in [0.29, 0.717) is 29.9 Å². The van der Waals surface area contributed by atoms with Crippen LogP contribution in [0.4, 0.5) is 15.2 Å². The van der Waals surface area contributed by atoms with Crippen molar-refractivity contribution in [1.29, 1.82) is 0 Å². The molecule has 2 N–H and O–H groups in total. The number of nitrogens with one attached hydrogen (secondary N) is 2. The van der Waals surface area contributed by atoms with E-state index in [2.05, 4.69) is 24.8 Å². The molecular formula is C27H29ClFN5O3S2. The van der Waals surface area contributed by atoms with Crippen molar-refractivity contribution in [1.82, 2.24) is 15.2 Å². The molecule has 0 unspecified atom stereocenters. The number of rotatable bonds is 8. The molecule has 0 bridgehead atoms. The minimum Gasteiger partial charge on any atom is -0.351 e. The molecule has 1 aromatic heterocycles. The Balaban J connectivity index is 0.00000353. The van der Waals surface area contributed by atoms with E-state index >= 15 is 0 Å². The zero-order valence-electron chi connectivity index (χ0n) is 21.3. The van der Waals surface area contributed by atoms with E-state index in [0.717, 1.165) is 41.6 Å². The van der Waals surface area contributed by atoms with Gasteiger partial charge in [0.2, 0.25) is 0 Å². The molecule has 39 heavy (non-hydrogen) atoms. The molecule has 1 aliphatic rings. The summed E-state index contributed by atoms with van der Waals surface area (Å²) in [5.41, 5.74) is 2.24. The van der Waals surface area contributed by atoms with Crippen LogP contribution >= 0.6 is 23.7 Å². The number of halogens is 2. The van der Waals surface area contributed by atoms with Crippen molar-refractivity contribution in [2.75, 3.05) is 48.9 Å². The first-order valence-electron chi connectivity index (χ1n) is 12.3. The van der Waals surface area contributed by atoms with Gasteiger partial charge in [-0.05, 0) is 55.5 Å². The minimum atomic E-state index is -3.70. The predicted molar refractivity (Wildman–Crippen MR) is 156 cm³/mol. The molecule has 5 rings (SSSR count). The summed E-state index contributed by atoms with van der Waals surface area (Å²) < 4.78 is 42.5. The fourth-order valence-corrected chi connectivity index (χ4v) is 6.34. The molecule has 4 aromatic rings. The molecule has 2 heterocycles. The van der Waals surface area contributed by atoms with E-state index in [-0.39, 0.29) is 29.0 Å². The van der Waals surface area contributed by atoms with Gasteiger partial charge in [0.1, 0.15) is 11.3 Å². The molecule has 8 nitrogen and oxygen atoms in total. The number of benzene rings is 3. The van der Waals surface area contributed by atoms with E-state index in [1.807, 2.05) is 13.0 Å². The number of aryl methyl sites for hydroxylation is 1. The lowest BCUT2D eigenvalue weighted by Crippen LogP contribution is -2.48. The summed E-state index contributed by atoms with van der Waals surface area (Å²) in [6.07, 6.45) is 0. The predicted octanol–water partition coefficient (Wildman–Crippen LogP) is 4.52. The number of amides is 1. The molecule has 1 aliphatic heterocycles. The molecule has 1 saturated heterocycles. The largest absolute Gasteiger partial charge is 0.351 e. The lowest BCUT2D eigenvalue weighted by molar-refractivity contribution is 0.0948. The third kappa shape index (κ3) is 6.85. The molecule has 1 fully saturated rings. The highest BCUT2D eigenvalue weighted by atomic mass is 35.5. The third-order valence-corrected chi connectivity index (χ3v) is 8.92. The van der Waals surface area contributed by atoms with Gasteiger partial charge < -0.3 is 10.2 Å². The summed E-state index contributed by atoms with van der Waals surface area (Å²) in [6.45, 7) is 6.32. The molecule has 3 aromatic carbocycles. The third-order valence-electron chi connectivity index (χ3n) is 6.45. The van der Waals surface area contributed by atoms with Crippen LogP contribution in [0.1, 0.15) is 15.9 Å². The van der Waals surface area contributed by atoms with E-state index in [1.165, 1.54) is 17.4 Å². The first kappa shape index (κ1) is 28.8. The van der Waals surface area contributed by atoms with Gasteiger partial charge in [-0.2, -0.15) is 0 Å². The van der Waals surface area contributed by atoms with Crippen LogP contribution in [0.5, 0.6) is 0 Å². The van der Waals surface area contributed by atoms with E-state index in [1.54, 1.807) is 54.6 Å². The number of thiazole rings is 1. The Morgan fingerprint density at radius 2 is 1.69 bits per heavy atom. The Morgan fingerprint density at radius 1 is 1.00 bits per heavy atom. The van der Waals surface area contributed by atoms with Gasteiger partial charge in [-0.3, -0.25) is 14.4 Å². The summed E-state index contributed by atoms with van der Waals surface area (Å²) in [6, 6.07) is 18.0. The van der Waals surface area contributed by atoms with E-state index in [4.69, 9.17) is 0 Å². The van der Waals surface area contributed by atoms with Crippen LogP contribution in [0.15, 0.2) is 71.6 Å². The topological polar surface area (TPSA) is 94.6 Å². The van der Waals surface area contributed by atoms with Gasteiger partial charge in [0.25, 0.3) is 15.9 Å². The normalized spacial score (nSPS) is 14.2. The van der Waals surface area contributed by atoms with Gasteiger partial charge in [-0.15, -0.1) is 12.4 Å². The maximum absolute atomic E-state index is 14.0. The minimum absolute atomic E-state index is 0. The van der Waals surface area contributed by atoms with Crippen LogP contribution in [0.25, 0.3) is 10.2 Å². The molecular weight excluding hydrogens is 561 g/mol. The molecule has 0 atom stereocenters. The van der Waals surface area contributed by atoms with Gasteiger partial charge in [-0.25, -0.2) is 17.8 Å². The summed E-state index contributed by atoms with van der Waals surface area (Å²) in [5, 5.41) is 3.76. The number of para-hydroxylation sites is 1. The number of anilines is 2. The number of fused-ring (bicyclic) bond motifs is 1. The number of aromatic nitrogens is 1. The Morgan fingerprint density at radius 3 is 2.36 bits per heavy atom. The van der Waals surface area contributed by atoms with E-state index in [9.17, 15) is 17.6 Å². The van der Waals surface area contributed by atoms with Crippen LogP contribution in [0, 0.1) is 12.7 Å². The van der Waals surface area contributed by atoms with Crippen molar-refractivity contribution in [3.63, 3.8) is 0 Å². The van der Waals surface area contributed by atoms with Crippen molar-refractivity contribution in [2.24, 2.45) is 0 Å². The summed E-state index contributed by atoms with van der Waals surface area (Å²) in [5.74, 6) is -0.509. The first-order chi connectivity index (χ1) is 18.3. The highest BCUT2D eigenvalue weighted by molar-refractivity contribution is 7.92. The lowest BCUT2D eigenvalue weighted by Gasteiger charge is -2.34. The Kier molecular flexibility index (Phi) is 9.06. The number of sulfonamides is 1.